The van der Waals surface area contributed by atoms with Gasteiger partial charge in [-0.1, -0.05) is 26.7 Å². The van der Waals surface area contributed by atoms with Crippen LogP contribution in [-0.2, 0) is 0 Å². The summed E-state index contributed by atoms with van der Waals surface area (Å²) in [6.45, 7) is 5.17. The number of rotatable bonds is 6. The van der Waals surface area contributed by atoms with Crippen LogP contribution >= 0.6 is 15.9 Å². The SMILES string of the molecule is CC(C)CCCCNC(=O)c1ccc(Br)nc1. The highest BCUT2D eigenvalue weighted by Crippen LogP contribution is 2.07. The maximum absolute atomic E-state index is 11.7. The number of amides is 1. The van der Waals surface area contributed by atoms with Gasteiger partial charge in [-0.3, -0.25) is 4.79 Å². The Balaban J connectivity index is 2.23. The highest BCUT2D eigenvalue weighted by atomic mass is 79.9. The van der Waals surface area contributed by atoms with Crippen LogP contribution in [-0.4, -0.2) is 17.4 Å². The van der Waals surface area contributed by atoms with Crippen molar-refractivity contribution in [1.29, 1.82) is 0 Å². The summed E-state index contributed by atoms with van der Waals surface area (Å²) in [5, 5.41) is 2.90. The standard InChI is InChI=1S/C13H19BrN2O/c1-10(2)5-3-4-8-15-13(17)11-6-7-12(14)16-9-11/h6-7,9-10H,3-5,8H2,1-2H3,(H,15,17). The quantitative estimate of drug-likeness (QED) is 0.646. The zero-order valence-electron chi connectivity index (χ0n) is 10.4. The Bertz CT molecular complexity index is 349. The van der Waals surface area contributed by atoms with Gasteiger partial charge in [0, 0.05) is 12.7 Å². The van der Waals surface area contributed by atoms with Crippen LogP contribution in [0, 0.1) is 5.92 Å². The van der Waals surface area contributed by atoms with Crippen molar-refractivity contribution >= 4 is 21.8 Å². The molecule has 1 amide bonds. The summed E-state index contributed by atoms with van der Waals surface area (Å²) >= 11 is 3.24. The minimum absolute atomic E-state index is 0.0467. The van der Waals surface area contributed by atoms with Crippen LogP contribution in [0.2, 0.25) is 0 Å². The molecule has 1 aromatic heterocycles. The topological polar surface area (TPSA) is 42.0 Å². The Hall–Kier alpha value is -0.900. The van der Waals surface area contributed by atoms with Crippen LogP contribution in [0.25, 0.3) is 0 Å². The Morgan fingerprint density at radius 2 is 2.18 bits per heavy atom. The van der Waals surface area contributed by atoms with Gasteiger partial charge in [0.05, 0.1) is 5.56 Å². The fraction of sp³-hybridized carbons (Fsp3) is 0.538. The number of nitrogens with zero attached hydrogens (tertiary/aromatic N) is 1. The molecule has 17 heavy (non-hydrogen) atoms. The van der Waals surface area contributed by atoms with Crippen molar-refractivity contribution in [2.24, 2.45) is 5.92 Å². The van der Waals surface area contributed by atoms with Crippen molar-refractivity contribution in [2.75, 3.05) is 6.54 Å². The third-order valence-corrected chi connectivity index (χ3v) is 2.95. The molecule has 3 nitrogen and oxygen atoms in total. The van der Waals surface area contributed by atoms with Crippen LogP contribution in [0.4, 0.5) is 0 Å². The average Bonchev–Trinajstić information content (AvgIpc) is 2.29. The van der Waals surface area contributed by atoms with Gasteiger partial charge in [0.2, 0.25) is 0 Å². The lowest BCUT2D eigenvalue weighted by molar-refractivity contribution is 0.0952. The van der Waals surface area contributed by atoms with E-state index in [1.54, 1.807) is 18.3 Å². The van der Waals surface area contributed by atoms with Crippen LogP contribution < -0.4 is 5.32 Å². The molecule has 1 rings (SSSR count). The van der Waals surface area contributed by atoms with E-state index in [-0.39, 0.29) is 5.91 Å². The second kappa shape index (κ2) is 7.43. The van der Waals surface area contributed by atoms with E-state index in [2.05, 4.69) is 40.1 Å². The first-order valence-electron chi connectivity index (χ1n) is 5.99. The molecule has 0 spiro atoms. The van der Waals surface area contributed by atoms with E-state index in [1.165, 1.54) is 6.42 Å². The number of hydrogen-bond donors (Lipinski definition) is 1. The van der Waals surface area contributed by atoms with Crippen molar-refractivity contribution in [3.63, 3.8) is 0 Å². The molecule has 0 fully saturated rings. The Morgan fingerprint density at radius 3 is 2.76 bits per heavy atom. The van der Waals surface area contributed by atoms with E-state index in [0.717, 1.165) is 29.9 Å². The third-order valence-electron chi connectivity index (χ3n) is 2.48. The molecule has 4 heteroatoms. The number of hydrogen-bond acceptors (Lipinski definition) is 2. The molecule has 0 radical (unpaired) electrons. The summed E-state index contributed by atoms with van der Waals surface area (Å²) in [5.74, 6) is 0.691. The summed E-state index contributed by atoms with van der Waals surface area (Å²) in [6, 6.07) is 3.54. The van der Waals surface area contributed by atoms with E-state index in [4.69, 9.17) is 0 Å². The molecule has 0 aromatic carbocycles. The number of carbonyl (C=O) groups is 1. The van der Waals surface area contributed by atoms with Crippen molar-refractivity contribution in [3.8, 4) is 0 Å². The molecular formula is C13H19BrN2O. The fourth-order valence-corrected chi connectivity index (χ4v) is 1.73. The predicted molar refractivity (Wildman–Crippen MR) is 73.0 cm³/mol. The number of unbranched alkanes of at least 4 members (excludes halogenated alkanes) is 1. The zero-order chi connectivity index (χ0) is 12.7. The van der Waals surface area contributed by atoms with Crippen molar-refractivity contribution < 1.29 is 4.79 Å². The number of aromatic nitrogens is 1. The Kier molecular flexibility index (Phi) is 6.19. The number of pyridine rings is 1. The van der Waals surface area contributed by atoms with Crippen LogP contribution in [0.3, 0.4) is 0 Å². The van der Waals surface area contributed by atoms with Crippen LogP contribution in [0.1, 0.15) is 43.5 Å². The van der Waals surface area contributed by atoms with Gasteiger partial charge in [-0.15, -0.1) is 0 Å². The third kappa shape index (κ3) is 5.82. The summed E-state index contributed by atoms with van der Waals surface area (Å²) in [4.78, 5) is 15.7. The largest absolute Gasteiger partial charge is 0.352 e. The van der Waals surface area contributed by atoms with Gasteiger partial charge < -0.3 is 5.32 Å². The molecule has 0 aliphatic heterocycles. The summed E-state index contributed by atoms with van der Waals surface area (Å²) in [7, 11) is 0. The maximum atomic E-state index is 11.7. The molecule has 1 heterocycles. The zero-order valence-corrected chi connectivity index (χ0v) is 12.0. The van der Waals surface area contributed by atoms with Gasteiger partial charge >= 0.3 is 0 Å². The van der Waals surface area contributed by atoms with Crippen molar-refractivity contribution in [3.05, 3.63) is 28.5 Å². The average molecular weight is 299 g/mol. The van der Waals surface area contributed by atoms with E-state index < -0.39 is 0 Å². The van der Waals surface area contributed by atoms with Gasteiger partial charge in [0.1, 0.15) is 4.60 Å². The minimum atomic E-state index is -0.0467. The first kappa shape index (κ1) is 14.2. The fourth-order valence-electron chi connectivity index (χ4n) is 1.49. The first-order valence-corrected chi connectivity index (χ1v) is 6.78. The first-order chi connectivity index (χ1) is 8.09. The Morgan fingerprint density at radius 1 is 1.41 bits per heavy atom. The van der Waals surface area contributed by atoms with Gasteiger partial charge in [-0.05, 0) is 40.4 Å². The number of carbonyl (C=O) groups excluding carboxylic acids is 1. The van der Waals surface area contributed by atoms with Crippen LogP contribution in [0.15, 0.2) is 22.9 Å². The molecule has 0 aliphatic rings. The molecule has 0 aliphatic carbocycles. The molecule has 94 valence electrons. The maximum Gasteiger partial charge on any atom is 0.252 e. The van der Waals surface area contributed by atoms with E-state index in [1.807, 2.05) is 0 Å². The van der Waals surface area contributed by atoms with Crippen molar-refractivity contribution in [2.45, 2.75) is 33.1 Å². The molecule has 0 saturated carbocycles. The summed E-state index contributed by atoms with van der Waals surface area (Å²) in [6.07, 6.45) is 4.99. The summed E-state index contributed by atoms with van der Waals surface area (Å²) in [5.41, 5.74) is 0.608. The predicted octanol–water partition coefficient (Wildman–Crippen LogP) is 3.40. The lowest BCUT2D eigenvalue weighted by Gasteiger charge is -2.06. The minimum Gasteiger partial charge on any atom is -0.352 e. The lowest BCUT2D eigenvalue weighted by Crippen LogP contribution is -2.24. The normalized spacial score (nSPS) is 10.6. The summed E-state index contributed by atoms with van der Waals surface area (Å²) < 4.78 is 0.742. The van der Waals surface area contributed by atoms with Gasteiger partial charge in [0.15, 0.2) is 0 Å². The second-order valence-corrected chi connectivity index (χ2v) is 5.33. The Labute approximate surface area is 111 Å². The molecule has 0 unspecified atom stereocenters. The van der Waals surface area contributed by atoms with Gasteiger partial charge in [-0.2, -0.15) is 0 Å². The monoisotopic (exact) mass is 298 g/mol. The molecule has 0 bridgehead atoms. The molecular weight excluding hydrogens is 280 g/mol. The van der Waals surface area contributed by atoms with E-state index in [0.29, 0.717) is 5.56 Å². The number of nitrogens with one attached hydrogen (secondary N) is 1. The van der Waals surface area contributed by atoms with Gasteiger partial charge in [-0.25, -0.2) is 4.98 Å². The second-order valence-electron chi connectivity index (χ2n) is 4.52. The number of halogens is 1. The molecule has 0 saturated heterocycles. The molecule has 1 aromatic rings. The smallest absolute Gasteiger partial charge is 0.252 e. The van der Waals surface area contributed by atoms with Gasteiger partial charge in [0.25, 0.3) is 5.91 Å². The highest BCUT2D eigenvalue weighted by Gasteiger charge is 2.04. The highest BCUT2D eigenvalue weighted by molar-refractivity contribution is 9.10. The molecule has 0 atom stereocenters. The lowest BCUT2D eigenvalue weighted by atomic mass is 10.1. The van der Waals surface area contributed by atoms with E-state index >= 15 is 0 Å². The van der Waals surface area contributed by atoms with E-state index in [9.17, 15) is 4.79 Å². The van der Waals surface area contributed by atoms with Crippen LogP contribution in [0.5, 0.6) is 0 Å². The molecule has 1 N–H and O–H groups in total. The van der Waals surface area contributed by atoms with Crippen molar-refractivity contribution in [1.82, 2.24) is 10.3 Å².